The van der Waals surface area contributed by atoms with Crippen LogP contribution in [0.3, 0.4) is 0 Å². The molecule has 5 rings (SSSR count). The molecule has 5 aromatic rings. The molecule has 216 valence electrons. The maximum atomic E-state index is 12.5. The first-order valence-electron chi connectivity index (χ1n) is 14.8. The molecule has 0 radical (unpaired) electrons. The van der Waals surface area contributed by atoms with Crippen molar-refractivity contribution in [1.29, 1.82) is 0 Å². The Hall–Kier alpha value is -4.58. The number of hydrogen-bond acceptors (Lipinski definition) is 4. The zero-order chi connectivity index (χ0) is 29.0. The van der Waals surface area contributed by atoms with Crippen LogP contribution in [0.4, 0.5) is 0 Å². The first kappa shape index (κ1) is 28.9. The van der Waals surface area contributed by atoms with Crippen LogP contribution in [0, 0.1) is 0 Å². The molecule has 6 nitrogen and oxygen atoms in total. The lowest BCUT2D eigenvalue weighted by atomic mass is 10.0. The van der Waals surface area contributed by atoms with E-state index in [1.54, 1.807) is 7.11 Å². The molecule has 0 spiro atoms. The summed E-state index contributed by atoms with van der Waals surface area (Å²) in [6.45, 7) is 2.13. The molecule has 1 amide bonds. The van der Waals surface area contributed by atoms with Crippen LogP contribution in [0.1, 0.15) is 37.1 Å². The summed E-state index contributed by atoms with van der Waals surface area (Å²) in [4.78, 5) is 17.4. The minimum absolute atomic E-state index is 0.0691. The Morgan fingerprint density at radius 3 is 2.29 bits per heavy atom. The van der Waals surface area contributed by atoms with E-state index in [2.05, 4.69) is 52.3 Å². The summed E-state index contributed by atoms with van der Waals surface area (Å²) < 4.78 is 13.7. The van der Waals surface area contributed by atoms with Crippen LogP contribution in [0.5, 0.6) is 11.5 Å². The van der Waals surface area contributed by atoms with Crippen molar-refractivity contribution in [2.75, 3.05) is 20.3 Å². The zero-order valence-electron chi connectivity index (χ0n) is 24.3. The highest BCUT2D eigenvalue weighted by atomic mass is 16.5. The number of amides is 1. The van der Waals surface area contributed by atoms with E-state index in [9.17, 15) is 4.79 Å². The first-order valence-corrected chi connectivity index (χ1v) is 14.8. The van der Waals surface area contributed by atoms with Crippen molar-refractivity contribution in [2.24, 2.45) is 0 Å². The number of imidazole rings is 1. The molecule has 0 aliphatic rings. The Kier molecular flexibility index (Phi) is 10.2. The van der Waals surface area contributed by atoms with Crippen molar-refractivity contribution in [3.8, 4) is 22.6 Å². The lowest BCUT2D eigenvalue weighted by Crippen LogP contribution is -2.26. The smallest absolute Gasteiger partial charge is 0.224 e. The predicted molar refractivity (Wildman–Crippen MR) is 169 cm³/mol. The third-order valence-corrected chi connectivity index (χ3v) is 7.41. The summed E-state index contributed by atoms with van der Waals surface area (Å²) in [6, 6.07) is 34.6. The molecule has 0 saturated heterocycles. The fraction of sp³-hybridized carbons (Fsp3) is 0.278. The van der Waals surface area contributed by atoms with Gasteiger partial charge in [-0.1, -0.05) is 85.3 Å². The molecule has 0 bridgehead atoms. The van der Waals surface area contributed by atoms with Gasteiger partial charge in [-0.05, 0) is 60.2 Å². The molecule has 0 fully saturated rings. The Bertz CT molecular complexity index is 1560. The molecule has 0 aliphatic heterocycles. The summed E-state index contributed by atoms with van der Waals surface area (Å²) in [6.07, 6.45) is 5.19. The maximum Gasteiger partial charge on any atom is 0.224 e. The van der Waals surface area contributed by atoms with E-state index in [0.29, 0.717) is 19.6 Å². The van der Waals surface area contributed by atoms with Crippen LogP contribution < -0.4 is 14.8 Å². The number of ether oxygens (including phenoxy) is 2. The standard InChI is InChI=1S/C36H39N3O3/c1-41-33-17-9-10-18-34(33)42-26-12-25-39-32-16-8-7-15-31(32)38-35(39)19-6-3-11-24-37-36(40)27-28-20-22-30(23-21-28)29-13-4-2-5-14-29/h2,4-5,7-10,13-18,20-23H,3,6,11-12,19,24-27H2,1H3,(H,37,40). The van der Waals surface area contributed by atoms with Gasteiger partial charge in [-0.25, -0.2) is 4.98 Å². The van der Waals surface area contributed by atoms with Crippen molar-refractivity contribution in [1.82, 2.24) is 14.9 Å². The number of para-hydroxylation sites is 4. The van der Waals surface area contributed by atoms with Gasteiger partial charge in [-0.15, -0.1) is 0 Å². The lowest BCUT2D eigenvalue weighted by molar-refractivity contribution is -0.120. The summed E-state index contributed by atoms with van der Waals surface area (Å²) in [5.74, 6) is 2.69. The number of fused-ring (bicyclic) bond motifs is 1. The number of nitrogens with zero attached hydrogens (tertiary/aromatic N) is 2. The van der Waals surface area contributed by atoms with Gasteiger partial charge in [0.05, 0.1) is 31.2 Å². The molecule has 0 aliphatic carbocycles. The molecular formula is C36H39N3O3. The average Bonchev–Trinajstić information content (AvgIpc) is 3.39. The average molecular weight is 562 g/mol. The summed E-state index contributed by atoms with van der Waals surface area (Å²) >= 11 is 0. The number of unbranched alkanes of at least 4 members (excludes halogenated alkanes) is 2. The fourth-order valence-corrected chi connectivity index (χ4v) is 5.21. The fourth-order valence-electron chi connectivity index (χ4n) is 5.21. The second-order valence-electron chi connectivity index (χ2n) is 10.4. The molecule has 42 heavy (non-hydrogen) atoms. The van der Waals surface area contributed by atoms with Crippen molar-refractivity contribution in [2.45, 2.75) is 45.1 Å². The largest absolute Gasteiger partial charge is 0.493 e. The van der Waals surface area contributed by atoms with Crippen LogP contribution in [-0.4, -0.2) is 35.7 Å². The number of benzene rings is 4. The van der Waals surface area contributed by atoms with Crippen LogP contribution in [0.2, 0.25) is 0 Å². The van der Waals surface area contributed by atoms with Crippen molar-refractivity contribution < 1.29 is 14.3 Å². The van der Waals surface area contributed by atoms with Crippen LogP contribution in [0.25, 0.3) is 22.2 Å². The molecule has 0 unspecified atom stereocenters. The minimum atomic E-state index is 0.0691. The molecule has 1 aromatic heterocycles. The van der Waals surface area contributed by atoms with E-state index in [4.69, 9.17) is 14.5 Å². The summed E-state index contributed by atoms with van der Waals surface area (Å²) in [5.41, 5.74) is 5.56. The highest BCUT2D eigenvalue weighted by Crippen LogP contribution is 2.26. The minimum Gasteiger partial charge on any atom is -0.493 e. The topological polar surface area (TPSA) is 65.4 Å². The molecule has 1 N–H and O–H groups in total. The van der Waals surface area contributed by atoms with Crippen LogP contribution in [0.15, 0.2) is 103 Å². The van der Waals surface area contributed by atoms with Gasteiger partial charge in [0.2, 0.25) is 5.91 Å². The van der Waals surface area contributed by atoms with Crippen molar-refractivity contribution >= 4 is 16.9 Å². The van der Waals surface area contributed by atoms with E-state index in [-0.39, 0.29) is 5.91 Å². The number of hydrogen-bond donors (Lipinski definition) is 1. The van der Waals surface area contributed by atoms with Crippen molar-refractivity contribution in [3.63, 3.8) is 0 Å². The number of methoxy groups -OCH3 is 1. The second kappa shape index (κ2) is 14.9. The zero-order valence-corrected chi connectivity index (χ0v) is 24.3. The third kappa shape index (κ3) is 7.78. The Labute approximate surface area is 248 Å². The van der Waals surface area contributed by atoms with E-state index < -0.39 is 0 Å². The number of nitrogens with one attached hydrogen (secondary N) is 1. The molecule has 0 saturated carbocycles. The Morgan fingerprint density at radius 2 is 1.48 bits per heavy atom. The highest BCUT2D eigenvalue weighted by Gasteiger charge is 2.11. The van der Waals surface area contributed by atoms with E-state index >= 15 is 0 Å². The normalized spacial score (nSPS) is 11.0. The molecule has 6 heteroatoms. The predicted octanol–water partition coefficient (Wildman–Crippen LogP) is 7.25. The highest BCUT2D eigenvalue weighted by molar-refractivity contribution is 5.79. The quantitative estimate of drug-likeness (QED) is 0.137. The van der Waals surface area contributed by atoms with Crippen molar-refractivity contribution in [3.05, 3.63) is 115 Å². The van der Waals surface area contributed by atoms with Crippen LogP contribution >= 0.6 is 0 Å². The first-order chi connectivity index (χ1) is 20.7. The van der Waals surface area contributed by atoms with Gasteiger partial charge in [-0.2, -0.15) is 0 Å². The number of carbonyl (C=O) groups excluding carboxylic acids is 1. The number of rotatable bonds is 15. The van der Waals surface area contributed by atoms with Gasteiger partial charge < -0.3 is 19.4 Å². The number of aromatic nitrogens is 2. The summed E-state index contributed by atoms with van der Waals surface area (Å²) in [5, 5.41) is 3.08. The van der Waals surface area contributed by atoms with E-state index in [0.717, 1.165) is 78.1 Å². The molecule has 0 atom stereocenters. The van der Waals surface area contributed by atoms with Gasteiger partial charge in [-0.3, -0.25) is 4.79 Å². The number of aryl methyl sites for hydroxylation is 2. The van der Waals surface area contributed by atoms with Gasteiger partial charge in [0.1, 0.15) is 5.82 Å². The maximum absolute atomic E-state index is 12.5. The van der Waals surface area contributed by atoms with Gasteiger partial charge in [0.25, 0.3) is 0 Å². The SMILES string of the molecule is COc1ccccc1OCCCn1c(CCCCCNC(=O)Cc2ccc(-c3ccccc3)cc2)nc2ccccc21. The van der Waals surface area contributed by atoms with Gasteiger partial charge >= 0.3 is 0 Å². The van der Waals surface area contributed by atoms with Gasteiger partial charge in [0, 0.05) is 19.5 Å². The summed E-state index contributed by atoms with van der Waals surface area (Å²) in [7, 11) is 1.66. The number of carbonyl (C=O) groups is 1. The molecule has 4 aromatic carbocycles. The van der Waals surface area contributed by atoms with E-state index in [1.165, 1.54) is 5.56 Å². The monoisotopic (exact) mass is 561 g/mol. The second-order valence-corrected chi connectivity index (χ2v) is 10.4. The third-order valence-electron chi connectivity index (χ3n) is 7.41. The van der Waals surface area contributed by atoms with Crippen LogP contribution in [-0.2, 0) is 24.2 Å². The van der Waals surface area contributed by atoms with E-state index in [1.807, 2.05) is 60.7 Å². The Balaban J connectivity index is 1.04. The Morgan fingerprint density at radius 1 is 0.762 bits per heavy atom. The molecular weight excluding hydrogens is 522 g/mol. The lowest BCUT2D eigenvalue weighted by Gasteiger charge is -2.12. The van der Waals surface area contributed by atoms with Gasteiger partial charge in [0.15, 0.2) is 11.5 Å². The molecule has 1 heterocycles.